The van der Waals surface area contributed by atoms with Gasteiger partial charge in [-0.25, -0.2) is 0 Å². The molecular weight excluding hydrogens is 220 g/mol. The van der Waals surface area contributed by atoms with Crippen LogP contribution < -0.4 is 0 Å². The quantitative estimate of drug-likeness (QED) is 0.813. The lowest BCUT2D eigenvalue weighted by atomic mass is 9.91. The van der Waals surface area contributed by atoms with Crippen LogP contribution in [-0.4, -0.2) is 18.0 Å². The van der Waals surface area contributed by atoms with Crippen LogP contribution in [0.1, 0.15) is 31.4 Å². The molecule has 2 rings (SSSR count). The number of rotatable bonds is 3. The van der Waals surface area contributed by atoms with Crippen LogP contribution in [0, 0.1) is 23.2 Å². The molecule has 0 aromatic heterocycles. The Morgan fingerprint density at radius 1 is 1.11 bits per heavy atom. The van der Waals surface area contributed by atoms with Crippen molar-refractivity contribution in [3.63, 3.8) is 0 Å². The third-order valence-electron chi connectivity index (χ3n) is 3.66. The lowest BCUT2D eigenvalue weighted by Gasteiger charge is -2.35. The van der Waals surface area contributed by atoms with Crippen molar-refractivity contribution < 1.29 is 0 Å². The average Bonchev–Trinajstić information content (AvgIpc) is 2.31. The summed E-state index contributed by atoms with van der Waals surface area (Å²) in [5.41, 5.74) is 2.47. The fraction of sp³-hybridized carbons (Fsp3) is 0.562. The number of nitrogens with zero attached hydrogens (tertiary/aromatic N) is 2. The highest BCUT2D eigenvalue weighted by atomic mass is 15.1. The molecule has 2 atom stereocenters. The van der Waals surface area contributed by atoms with Crippen LogP contribution in [0.15, 0.2) is 24.3 Å². The van der Waals surface area contributed by atoms with Gasteiger partial charge in [-0.05, 0) is 29.4 Å². The summed E-state index contributed by atoms with van der Waals surface area (Å²) < 4.78 is 0. The highest BCUT2D eigenvalue weighted by Crippen LogP contribution is 2.22. The molecule has 1 aromatic rings. The van der Waals surface area contributed by atoms with Crippen molar-refractivity contribution in [3.05, 3.63) is 35.4 Å². The summed E-state index contributed by atoms with van der Waals surface area (Å²) in [5.74, 6) is 1.62. The Kier molecular flexibility index (Phi) is 4.38. The topological polar surface area (TPSA) is 27.0 Å². The van der Waals surface area contributed by atoms with Crippen molar-refractivity contribution >= 4 is 0 Å². The van der Waals surface area contributed by atoms with Crippen LogP contribution in [0.5, 0.6) is 0 Å². The summed E-state index contributed by atoms with van der Waals surface area (Å²) in [6.07, 6.45) is 1.87. The molecule has 1 heterocycles. The second kappa shape index (κ2) is 6.02. The zero-order chi connectivity index (χ0) is 13.0. The number of hydrogen-bond acceptors (Lipinski definition) is 2. The lowest BCUT2D eigenvalue weighted by molar-refractivity contribution is 0.134. The van der Waals surface area contributed by atoms with E-state index in [4.69, 9.17) is 5.26 Å². The van der Waals surface area contributed by atoms with Crippen molar-refractivity contribution in [1.82, 2.24) is 4.90 Å². The van der Waals surface area contributed by atoms with Crippen LogP contribution in [0.4, 0.5) is 0 Å². The van der Waals surface area contributed by atoms with E-state index in [1.165, 1.54) is 25.1 Å². The summed E-state index contributed by atoms with van der Waals surface area (Å²) >= 11 is 0. The van der Waals surface area contributed by atoms with Gasteiger partial charge in [-0.2, -0.15) is 5.26 Å². The summed E-state index contributed by atoms with van der Waals surface area (Å²) in [5, 5.41) is 8.65. The first-order chi connectivity index (χ1) is 8.67. The van der Waals surface area contributed by atoms with Crippen molar-refractivity contribution in [2.75, 3.05) is 13.1 Å². The average molecular weight is 242 g/mol. The Balaban J connectivity index is 1.94. The predicted molar refractivity (Wildman–Crippen MR) is 74.0 cm³/mol. The van der Waals surface area contributed by atoms with Gasteiger partial charge in [-0.3, -0.25) is 4.90 Å². The van der Waals surface area contributed by atoms with Gasteiger partial charge < -0.3 is 0 Å². The van der Waals surface area contributed by atoms with E-state index in [1.54, 1.807) is 0 Å². The second-order valence-electron chi connectivity index (χ2n) is 5.79. The molecule has 1 aliphatic heterocycles. The van der Waals surface area contributed by atoms with Crippen LogP contribution in [-0.2, 0) is 13.0 Å². The normalized spacial score (nSPS) is 24.7. The van der Waals surface area contributed by atoms with E-state index in [-0.39, 0.29) is 0 Å². The fourth-order valence-electron chi connectivity index (χ4n) is 3.03. The minimum absolute atomic E-state index is 0.512. The summed E-state index contributed by atoms with van der Waals surface area (Å²) in [4.78, 5) is 2.55. The molecule has 0 spiro atoms. The minimum Gasteiger partial charge on any atom is -0.299 e. The molecule has 1 fully saturated rings. The van der Waals surface area contributed by atoms with Gasteiger partial charge in [0, 0.05) is 19.6 Å². The van der Waals surface area contributed by atoms with E-state index in [0.717, 1.165) is 23.9 Å². The summed E-state index contributed by atoms with van der Waals surface area (Å²) in [6.45, 7) is 8.16. The van der Waals surface area contributed by atoms with Gasteiger partial charge in [0.05, 0.1) is 12.5 Å². The number of likely N-dealkylation sites (tertiary alicyclic amines) is 1. The zero-order valence-corrected chi connectivity index (χ0v) is 11.4. The molecule has 0 radical (unpaired) electrons. The van der Waals surface area contributed by atoms with Gasteiger partial charge in [0.2, 0.25) is 0 Å². The van der Waals surface area contributed by atoms with E-state index in [1.807, 2.05) is 0 Å². The Labute approximate surface area is 110 Å². The Bertz CT molecular complexity index is 406. The van der Waals surface area contributed by atoms with Crippen molar-refractivity contribution in [2.45, 2.75) is 33.2 Å². The zero-order valence-electron chi connectivity index (χ0n) is 11.4. The van der Waals surface area contributed by atoms with Gasteiger partial charge in [0.25, 0.3) is 0 Å². The number of nitriles is 1. The van der Waals surface area contributed by atoms with E-state index in [2.05, 4.69) is 49.1 Å². The first-order valence-corrected chi connectivity index (χ1v) is 6.84. The van der Waals surface area contributed by atoms with Gasteiger partial charge in [-0.15, -0.1) is 0 Å². The first kappa shape index (κ1) is 13.1. The van der Waals surface area contributed by atoms with Crippen LogP contribution >= 0.6 is 0 Å². The lowest BCUT2D eigenvalue weighted by Crippen LogP contribution is -2.38. The fourth-order valence-corrected chi connectivity index (χ4v) is 3.03. The highest BCUT2D eigenvalue weighted by molar-refractivity contribution is 5.24. The summed E-state index contributed by atoms with van der Waals surface area (Å²) in [7, 11) is 0. The van der Waals surface area contributed by atoms with Crippen LogP contribution in [0.2, 0.25) is 0 Å². The van der Waals surface area contributed by atoms with Crippen molar-refractivity contribution in [3.8, 4) is 6.07 Å². The molecule has 2 nitrogen and oxygen atoms in total. The van der Waals surface area contributed by atoms with E-state index < -0.39 is 0 Å². The maximum absolute atomic E-state index is 8.65. The molecule has 18 heavy (non-hydrogen) atoms. The summed E-state index contributed by atoms with van der Waals surface area (Å²) in [6, 6.07) is 10.7. The molecular formula is C16H22N2. The van der Waals surface area contributed by atoms with Crippen molar-refractivity contribution in [1.29, 1.82) is 5.26 Å². The SMILES string of the molecule is CC1CC(C)CN(Cc2ccc(CC#N)cc2)C1. The van der Waals surface area contributed by atoms with Crippen molar-refractivity contribution in [2.24, 2.45) is 11.8 Å². The molecule has 2 unspecified atom stereocenters. The number of benzene rings is 1. The van der Waals surface area contributed by atoms with Crippen LogP contribution in [0.25, 0.3) is 0 Å². The maximum atomic E-state index is 8.65. The molecule has 0 N–H and O–H groups in total. The molecule has 0 amide bonds. The number of hydrogen-bond donors (Lipinski definition) is 0. The second-order valence-corrected chi connectivity index (χ2v) is 5.79. The van der Waals surface area contributed by atoms with Gasteiger partial charge in [-0.1, -0.05) is 38.1 Å². The molecule has 0 saturated carbocycles. The Morgan fingerprint density at radius 2 is 1.67 bits per heavy atom. The standard InChI is InChI=1S/C16H22N2/c1-13-9-14(2)11-18(10-13)12-16-5-3-15(4-6-16)7-8-17/h3-6,13-14H,7,9-12H2,1-2H3. The minimum atomic E-state index is 0.512. The maximum Gasteiger partial charge on any atom is 0.0669 e. The third kappa shape index (κ3) is 3.58. The molecule has 0 bridgehead atoms. The van der Waals surface area contributed by atoms with Crippen LogP contribution in [0.3, 0.4) is 0 Å². The monoisotopic (exact) mass is 242 g/mol. The molecule has 1 aliphatic rings. The van der Waals surface area contributed by atoms with E-state index in [0.29, 0.717) is 6.42 Å². The Morgan fingerprint density at radius 3 is 2.22 bits per heavy atom. The smallest absolute Gasteiger partial charge is 0.0669 e. The van der Waals surface area contributed by atoms with Gasteiger partial charge in [0.1, 0.15) is 0 Å². The first-order valence-electron chi connectivity index (χ1n) is 6.84. The molecule has 1 saturated heterocycles. The molecule has 96 valence electrons. The predicted octanol–water partition coefficient (Wildman–Crippen LogP) is 3.23. The number of piperidine rings is 1. The molecule has 1 aromatic carbocycles. The highest BCUT2D eigenvalue weighted by Gasteiger charge is 2.21. The largest absolute Gasteiger partial charge is 0.299 e. The van der Waals surface area contributed by atoms with E-state index in [9.17, 15) is 0 Å². The third-order valence-corrected chi connectivity index (χ3v) is 3.66. The van der Waals surface area contributed by atoms with Gasteiger partial charge >= 0.3 is 0 Å². The molecule has 0 aliphatic carbocycles. The molecule has 2 heteroatoms. The van der Waals surface area contributed by atoms with Gasteiger partial charge in [0.15, 0.2) is 0 Å². The Hall–Kier alpha value is -1.33. The van der Waals surface area contributed by atoms with E-state index >= 15 is 0 Å².